The number of nitrogens with one attached hydrogen (secondary N) is 2. The van der Waals surface area contributed by atoms with Crippen molar-refractivity contribution in [2.75, 3.05) is 32.7 Å². The van der Waals surface area contributed by atoms with Crippen molar-refractivity contribution in [3.8, 4) is 0 Å². The van der Waals surface area contributed by atoms with Crippen molar-refractivity contribution < 1.29 is 4.79 Å². The smallest absolute Gasteiger partial charge is 0.221 e. The molecule has 0 unspecified atom stereocenters. The first-order chi connectivity index (χ1) is 6.86. The molecule has 0 atom stereocenters. The Bertz CT molecular complexity index is 202. The van der Waals surface area contributed by atoms with E-state index in [0.29, 0.717) is 12.5 Å². The largest absolute Gasteiger partial charge is 0.355 e. The average molecular weight is 197 g/mol. The third-order valence-electron chi connectivity index (χ3n) is 3.17. The molecule has 2 fully saturated rings. The first kappa shape index (κ1) is 9.93. The van der Waals surface area contributed by atoms with Gasteiger partial charge in [0.25, 0.3) is 0 Å². The number of piperidine rings is 1. The van der Waals surface area contributed by atoms with Crippen LogP contribution in [-0.2, 0) is 4.79 Å². The standard InChI is InChI=1S/C10H19N3O/c14-10-3-7-13(8-6-12-10)9-1-4-11-5-2-9/h9,11H,1-8H2,(H,12,14). The lowest BCUT2D eigenvalue weighted by molar-refractivity contribution is -0.120. The predicted molar refractivity (Wildman–Crippen MR) is 55.1 cm³/mol. The Morgan fingerprint density at radius 2 is 1.93 bits per heavy atom. The molecule has 2 aliphatic rings. The molecule has 1 amide bonds. The fourth-order valence-electron chi connectivity index (χ4n) is 2.32. The van der Waals surface area contributed by atoms with E-state index < -0.39 is 0 Å². The molecule has 0 aromatic carbocycles. The minimum Gasteiger partial charge on any atom is -0.355 e. The van der Waals surface area contributed by atoms with Gasteiger partial charge in [-0.15, -0.1) is 0 Å². The summed E-state index contributed by atoms with van der Waals surface area (Å²) in [6, 6.07) is 0.698. The fourth-order valence-corrected chi connectivity index (χ4v) is 2.32. The molecule has 4 nitrogen and oxygen atoms in total. The van der Waals surface area contributed by atoms with Crippen LogP contribution in [-0.4, -0.2) is 49.6 Å². The van der Waals surface area contributed by atoms with E-state index in [9.17, 15) is 4.79 Å². The molecule has 0 aromatic heterocycles. The van der Waals surface area contributed by atoms with E-state index in [1.807, 2.05) is 0 Å². The van der Waals surface area contributed by atoms with Gasteiger partial charge in [0, 0.05) is 32.1 Å². The van der Waals surface area contributed by atoms with Gasteiger partial charge in [-0.1, -0.05) is 0 Å². The SMILES string of the molecule is O=C1CCN(C2CCNCC2)CCN1. The monoisotopic (exact) mass is 197 g/mol. The lowest BCUT2D eigenvalue weighted by atomic mass is 10.0. The zero-order valence-corrected chi connectivity index (χ0v) is 8.59. The maximum atomic E-state index is 11.2. The van der Waals surface area contributed by atoms with Gasteiger partial charge in [0.05, 0.1) is 0 Å². The molecule has 0 saturated carbocycles. The normalized spacial score (nSPS) is 27.0. The Morgan fingerprint density at radius 1 is 1.14 bits per heavy atom. The highest BCUT2D eigenvalue weighted by Crippen LogP contribution is 2.12. The van der Waals surface area contributed by atoms with Crippen LogP contribution >= 0.6 is 0 Å². The van der Waals surface area contributed by atoms with Crippen LogP contribution < -0.4 is 10.6 Å². The molecule has 0 bridgehead atoms. The number of hydrogen-bond acceptors (Lipinski definition) is 3. The van der Waals surface area contributed by atoms with Gasteiger partial charge < -0.3 is 10.6 Å². The second kappa shape index (κ2) is 4.75. The van der Waals surface area contributed by atoms with Crippen molar-refractivity contribution in [3.05, 3.63) is 0 Å². The molecular weight excluding hydrogens is 178 g/mol. The minimum absolute atomic E-state index is 0.210. The summed E-state index contributed by atoms with van der Waals surface area (Å²) in [5.41, 5.74) is 0. The molecule has 0 radical (unpaired) electrons. The first-order valence-electron chi connectivity index (χ1n) is 5.58. The molecule has 0 aliphatic carbocycles. The predicted octanol–water partition coefficient (Wildman–Crippen LogP) is -0.440. The van der Waals surface area contributed by atoms with Crippen molar-refractivity contribution in [1.82, 2.24) is 15.5 Å². The molecule has 2 aliphatic heterocycles. The van der Waals surface area contributed by atoms with E-state index >= 15 is 0 Å². The zero-order chi connectivity index (χ0) is 9.80. The van der Waals surface area contributed by atoms with Gasteiger partial charge in [-0.05, 0) is 25.9 Å². The highest BCUT2D eigenvalue weighted by molar-refractivity contribution is 5.76. The molecule has 0 spiro atoms. The highest BCUT2D eigenvalue weighted by Gasteiger charge is 2.22. The maximum absolute atomic E-state index is 11.2. The Balaban J connectivity index is 1.86. The van der Waals surface area contributed by atoms with Gasteiger partial charge in [0.2, 0.25) is 5.91 Å². The van der Waals surface area contributed by atoms with Crippen LogP contribution in [0.2, 0.25) is 0 Å². The molecule has 2 N–H and O–H groups in total. The van der Waals surface area contributed by atoms with Gasteiger partial charge in [-0.25, -0.2) is 0 Å². The fraction of sp³-hybridized carbons (Fsp3) is 0.900. The van der Waals surface area contributed by atoms with Crippen LogP contribution in [0.4, 0.5) is 0 Å². The Morgan fingerprint density at radius 3 is 2.71 bits per heavy atom. The average Bonchev–Trinajstić information content (AvgIpc) is 2.44. The first-order valence-corrected chi connectivity index (χ1v) is 5.58. The van der Waals surface area contributed by atoms with Crippen LogP contribution in [0, 0.1) is 0 Å². The van der Waals surface area contributed by atoms with Crippen molar-refractivity contribution in [2.24, 2.45) is 0 Å². The maximum Gasteiger partial charge on any atom is 0.221 e. The zero-order valence-electron chi connectivity index (χ0n) is 8.59. The summed E-state index contributed by atoms with van der Waals surface area (Å²) in [5, 5.41) is 6.29. The Labute approximate surface area is 85.0 Å². The van der Waals surface area contributed by atoms with E-state index in [-0.39, 0.29) is 5.91 Å². The number of carbonyl (C=O) groups excluding carboxylic acids is 1. The molecule has 2 saturated heterocycles. The second-order valence-corrected chi connectivity index (χ2v) is 4.12. The second-order valence-electron chi connectivity index (χ2n) is 4.12. The van der Waals surface area contributed by atoms with Gasteiger partial charge in [0.15, 0.2) is 0 Å². The lowest BCUT2D eigenvalue weighted by Gasteiger charge is -2.33. The summed E-state index contributed by atoms with van der Waals surface area (Å²) in [7, 11) is 0. The molecule has 2 heterocycles. The quantitative estimate of drug-likeness (QED) is 0.599. The molecule has 2 rings (SSSR count). The summed E-state index contributed by atoms with van der Waals surface area (Å²) in [6.07, 6.45) is 3.13. The topological polar surface area (TPSA) is 44.4 Å². The summed E-state index contributed by atoms with van der Waals surface area (Å²) < 4.78 is 0. The molecule has 4 heteroatoms. The van der Waals surface area contributed by atoms with Crippen LogP contribution in [0.25, 0.3) is 0 Å². The van der Waals surface area contributed by atoms with Crippen molar-refractivity contribution in [2.45, 2.75) is 25.3 Å². The lowest BCUT2D eigenvalue weighted by Crippen LogP contribution is -2.44. The minimum atomic E-state index is 0.210. The number of rotatable bonds is 1. The van der Waals surface area contributed by atoms with Gasteiger partial charge in [0.1, 0.15) is 0 Å². The molecule has 14 heavy (non-hydrogen) atoms. The highest BCUT2D eigenvalue weighted by atomic mass is 16.1. The van der Waals surface area contributed by atoms with Crippen LogP contribution in [0.15, 0.2) is 0 Å². The van der Waals surface area contributed by atoms with E-state index in [0.717, 1.165) is 32.7 Å². The van der Waals surface area contributed by atoms with Gasteiger partial charge >= 0.3 is 0 Å². The Kier molecular flexibility index (Phi) is 3.37. The van der Waals surface area contributed by atoms with Gasteiger partial charge in [-0.3, -0.25) is 9.69 Å². The van der Waals surface area contributed by atoms with Crippen LogP contribution in [0.3, 0.4) is 0 Å². The van der Waals surface area contributed by atoms with Crippen molar-refractivity contribution in [1.29, 1.82) is 0 Å². The summed E-state index contributed by atoms with van der Waals surface area (Å²) >= 11 is 0. The number of hydrogen-bond donors (Lipinski definition) is 2. The summed E-state index contributed by atoms with van der Waals surface area (Å²) in [6.45, 7) is 5.04. The van der Waals surface area contributed by atoms with Crippen molar-refractivity contribution in [3.63, 3.8) is 0 Å². The Hall–Kier alpha value is -0.610. The third-order valence-corrected chi connectivity index (χ3v) is 3.17. The third kappa shape index (κ3) is 2.45. The molecular formula is C10H19N3O. The van der Waals surface area contributed by atoms with Crippen LogP contribution in [0.5, 0.6) is 0 Å². The molecule has 80 valence electrons. The van der Waals surface area contributed by atoms with E-state index in [4.69, 9.17) is 0 Å². The summed E-state index contributed by atoms with van der Waals surface area (Å²) in [4.78, 5) is 13.6. The van der Waals surface area contributed by atoms with E-state index in [1.165, 1.54) is 12.8 Å². The van der Waals surface area contributed by atoms with E-state index in [2.05, 4.69) is 15.5 Å². The van der Waals surface area contributed by atoms with Gasteiger partial charge in [-0.2, -0.15) is 0 Å². The van der Waals surface area contributed by atoms with Crippen LogP contribution in [0.1, 0.15) is 19.3 Å². The summed E-state index contributed by atoms with van der Waals surface area (Å²) in [5.74, 6) is 0.210. The van der Waals surface area contributed by atoms with E-state index in [1.54, 1.807) is 0 Å². The number of amides is 1. The number of nitrogens with zero attached hydrogens (tertiary/aromatic N) is 1. The number of carbonyl (C=O) groups is 1. The molecule has 0 aromatic rings. The van der Waals surface area contributed by atoms with Crippen molar-refractivity contribution >= 4 is 5.91 Å².